The number of nitrogens with two attached hydrogens (primary N) is 1. The zero-order valence-electron chi connectivity index (χ0n) is 8.83. The summed E-state index contributed by atoms with van der Waals surface area (Å²) in [4.78, 5) is 11.6. The summed E-state index contributed by atoms with van der Waals surface area (Å²) in [5, 5.41) is 2.86. The molecule has 0 unspecified atom stereocenters. The van der Waals surface area contributed by atoms with Crippen LogP contribution in [0.15, 0.2) is 29.1 Å². The molecule has 3 N–H and O–H groups in total. The number of aromatic amines is 1. The molecule has 0 aliphatic carbocycles. The summed E-state index contributed by atoms with van der Waals surface area (Å²) in [5.41, 5.74) is 7.00. The van der Waals surface area contributed by atoms with Gasteiger partial charge in [0, 0.05) is 19.2 Å². The first-order valence-electron chi connectivity index (χ1n) is 4.87. The molecule has 16 heavy (non-hydrogen) atoms. The number of H-pyrrole nitrogens is 1. The Labute approximate surface area is 91.5 Å². The van der Waals surface area contributed by atoms with Gasteiger partial charge in [0.1, 0.15) is 5.82 Å². The number of nitrogens with one attached hydrogen (secondary N) is 1. The highest BCUT2D eigenvalue weighted by Crippen LogP contribution is 2.19. The van der Waals surface area contributed by atoms with E-state index in [1.165, 1.54) is 16.8 Å². The molecule has 0 amide bonds. The quantitative estimate of drug-likeness (QED) is 0.794. The summed E-state index contributed by atoms with van der Waals surface area (Å²) in [6.07, 6.45) is 0. The highest BCUT2D eigenvalue weighted by atomic mass is 19.1. The Bertz CT molecular complexity index is 571. The molecule has 2 rings (SSSR count). The highest BCUT2D eigenvalue weighted by molar-refractivity contribution is 5.62. The Morgan fingerprint density at radius 3 is 2.88 bits per heavy atom. The fraction of sp³-hybridized carbons (Fsp3) is 0.182. The zero-order valence-corrected chi connectivity index (χ0v) is 8.83. The van der Waals surface area contributed by atoms with Crippen molar-refractivity contribution in [3.05, 3.63) is 46.0 Å². The van der Waals surface area contributed by atoms with Crippen molar-refractivity contribution in [1.82, 2.24) is 9.78 Å². The first-order valence-corrected chi connectivity index (χ1v) is 4.87. The van der Waals surface area contributed by atoms with E-state index in [1.807, 2.05) is 0 Å². The minimum absolute atomic E-state index is 0.127. The number of hydrogen-bond acceptors (Lipinski definition) is 2. The minimum atomic E-state index is -0.342. The van der Waals surface area contributed by atoms with Gasteiger partial charge in [0.05, 0.1) is 11.3 Å². The summed E-state index contributed by atoms with van der Waals surface area (Å²) >= 11 is 0. The molecule has 0 saturated heterocycles. The standard InChI is InChI=1S/C11H12FN3O/c1-15-11(16)9(6-13)10(14-15)7-3-2-4-8(12)5-7/h2-5,14H,6,13H2,1H3. The molecule has 0 aliphatic heterocycles. The van der Waals surface area contributed by atoms with Gasteiger partial charge in [-0.05, 0) is 12.1 Å². The number of benzene rings is 1. The Morgan fingerprint density at radius 2 is 2.25 bits per heavy atom. The maximum Gasteiger partial charge on any atom is 0.271 e. The summed E-state index contributed by atoms with van der Waals surface area (Å²) in [5.74, 6) is -0.342. The van der Waals surface area contributed by atoms with Crippen LogP contribution in [-0.4, -0.2) is 9.78 Å². The van der Waals surface area contributed by atoms with Crippen LogP contribution in [0.5, 0.6) is 0 Å². The molecule has 1 aromatic heterocycles. The van der Waals surface area contributed by atoms with E-state index in [4.69, 9.17) is 5.73 Å². The van der Waals surface area contributed by atoms with E-state index in [1.54, 1.807) is 19.2 Å². The molecule has 0 radical (unpaired) electrons. The van der Waals surface area contributed by atoms with E-state index >= 15 is 0 Å². The van der Waals surface area contributed by atoms with Gasteiger partial charge in [-0.3, -0.25) is 14.6 Å². The first kappa shape index (κ1) is 10.6. The number of aryl methyl sites for hydroxylation is 1. The lowest BCUT2D eigenvalue weighted by Crippen LogP contribution is -2.17. The second-order valence-corrected chi connectivity index (χ2v) is 3.54. The van der Waals surface area contributed by atoms with Crippen molar-refractivity contribution in [2.24, 2.45) is 12.8 Å². The van der Waals surface area contributed by atoms with Crippen LogP contribution in [0, 0.1) is 5.82 Å². The molecule has 4 nitrogen and oxygen atoms in total. The van der Waals surface area contributed by atoms with E-state index in [9.17, 15) is 9.18 Å². The maximum absolute atomic E-state index is 13.1. The lowest BCUT2D eigenvalue weighted by molar-refractivity contribution is 0.628. The van der Waals surface area contributed by atoms with Gasteiger partial charge in [-0.15, -0.1) is 0 Å². The van der Waals surface area contributed by atoms with Crippen molar-refractivity contribution in [3.8, 4) is 11.3 Å². The lowest BCUT2D eigenvalue weighted by atomic mass is 10.1. The van der Waals surface area contributed by atoms with Crippen molar-refractivity contribution in [2.75, 3.05) is 0 Å². The van der Waals surface area contributed by atoms with Crippen molar-refractivity contribution < 1.29 is 4.39 Å². The number of rotatable bonds is 2. The lowest BCUT2D eigenvalue weighted by Gasteiger charge is -2.00. The third-order valence-electron chi connectivity index (χ3n) is 2.46. The first-order chi connectivity index (χ1) is 7.63. The van der Waals surface area contributed by atoms with E-state index in [0.717, 1.165) is 0 Å². The SMILES string of the molecule is Cn1[nH]c(-c2cccc(F)c2)c(CN)c1=O. The average molecular weight is 221 g/mol. The average Bonchev–Trinajstić information content (AvgIpc) is 2.55. The predicted molar refractivity (Wildman–Crippen MR) is 59.3 cm³/mol. The smallest absolute Gasteiger partial charge is 0.271 e. The molecule has 0 aliphatic rings. The van der Waals surface area contributed by atoms with E-state index in [-0.39, 0.29) is 17.9 Å². The topological polar surface area (TPSA) is 63.8 Å². The highest BCUT2D eigenvalue weighted by Gasteiger charge is 2.12. The molecule has 0 spiro atoms. The van der Waals surface area contributed by atoms with Gasteiger partial charge in [-0.2, -0.15) is 0 Å². The minimum Gasteiger partial charge on any atom is -0.326 e. The van der Waals surface area contributed by atoms with Gasteiger partial charge in [0.2, 0.25) is 0 Å². The molecule has 0 saturated carbocycles. The summed E-state index contributed by atoms with van der Waals surface area (Å²) in [6, 6.07) is 6.04. The predicted octanol–water partition coefficient (Wildman–Crippen LogP) is 0.978. The summed E-state index contributed by atoms with van der Waals surface area (Å²) < 4.78 is 14.4. The Kier molecular flexibility index (Phi) is 2.62. The van der Waals surface area contributed by atoms with Crippen molar-refractivity contribution in [1.29, 1.82) is 0 Å². The van der Waals surface area contributed by atoms with Crippen molar-refractivity contribution >= 4 is 0 Å². The number of aromatic nitrogens is 2. The fourth-order valence-electron chi connectivity index (χ4n) is 1.67. The Hall–Kier alpha value is -1.88. The Balaban J connectivity index is 2.64. The van der Waals surface area contributed by atoms with Gasteiger partial charge in [-0.25, -0.2) is 4.39 Å². The number of hydrogen-bond donors (Lipinski definition) is 2. The Morgan fingerprint density at radius 1 is 1.50 bits per heavy atom. The van der Waals surface area contributed by atoms with Crippen LogP contribution < -0.4 is 11.3 Å². The maximum atomic E-state index is 13.1. The number of halogens is 1. The van der Waals surface area contributed by atoms with Crippen molar-refractivity contribution in [2.45, 2.75) is 6.54 Å². The zero-order chi connectivity index (χ0) is 11.7. The second-order valence-electron chi connectivity index (χ2n) is 3.54. The van der Waals surface area contributed by atoms with Gasteiger partial charge in [-0.1, -0.05) is 12.1 Å². The third kappa shape index (κ3) is 1.65. The third-order valence-corrected chi connectivity index (χ3v) is 2.46. The van der Waals surface area contributed by atoms with Crippen LogP contribution in [0.2, 0.25) is 0 Å². The summed E-state index contributed by atoms with van der Waals surface area (Å²) in [7, 11) is 1.60. The molecular formula is C11H12FN3O. The molecule has 0 bridgehead atoms. The normalized spacial score (nSPS) is 10.7. The van der Waals surface area contributed by atoms with Crippen LogP contribution >= 0.6 is 0 Å². The van der Waals surface area contributed by atoms with Crippen molar-refractivity contribution in [3.63, 3.8) is 0 Å². The molecule has 0 fully saturated rings. The van der Waals surface area contributed by atoms with E-state index < -0.39 is 0 Å². The molecule has 84 valence electrons. The van der Waals surface area contributed by atoms with Gasteiger partial charge >= 0.3 is 0 Å². The molecular weight excluding hydrogens is 209 g/mol. The van der Waals surface area contributed by atoms with Crippen LogP contribution in [0.25, 0.3) is 11.3 Å². The van der Waals surface area contributed by atoms with Gasteiger partial charge < -0.3 is 5.73 Å². The molecule has 1 heterocycles. The van der Waals surface area contributed by atoms with Crippen LogP contribution in [0.1, 0.15) is 5.56 Å². The van der Waals surface area contributed by atoms with Gasteiger partial charge in [0.15, 0.2) is 0 Å². The monoisotopic (exact) mass is 221 g/mol. The fourth-order valence-corrected chi connectivity index (χ4v) is 1.67. The van der Waals surface area contributed by atoms with E-state index in [0.29, 0.717) is 16.8 Å². The number of nitrogens with zero attached hydrogens (tertiary/aromatic N) is 1. The largest absolute Gasteiger partial charge is 0.326 e. The van der Waals surface area contributed by atoms with Gasteiger partial charge in [0.25, 0.3) is 5.56 Å². The molecule has 0 atom stereocenters. The summed E-state index contributed by atoms with van der Waals surface area (Å²) in [6.45, 7) is 0.127. The molecule has 2 aromatic rings. The van der Waals surface area contributed by atoms with Crippen LogP contribution in [-0.2, 0) is 13.6 Å². The van der Waals surface area contributed by atoms with Crippen LogP contribution in [0.3, 0.4) is 0 Å². The van der Waals surface area contributed by atoms with Crippen LogP contribution in [0.4, 0.5) is 4.39 Å². The molecule has 1 aromatic carbocycles. The molecule has 5 heteroatoms. The second kappa shape index (κ2) is 3.94. The van der Waals surface area contributed by atoms with E-state index in [2.05, 4.69) is 5.10 Å².